The van der Waals surface area contributed by atoms with Crippen LogP contribution >= 0.6 is 11.6 Å². The van der Waals surface area contributed by atoms with Crippen molar-refractivity contribution < 1.29 is 18.0 Å². The molecule has 1 unspecified atom stereocenters. The van der Waals surface area contributed by atoms with Crippen molar-refractivity contribution in [3.8, 4) is 0 Å². The fraction of sp³-hybridized carbons (Fsp3) is 0.471. The number of nitrogens with zero attached hydrogens (tertiary/aromatic N) is 1. The summed E-state index contributed by atoms with van der Waals surface area (Å²) in [4.78, 5) is 16.4. The molecule has 0 saturated heterocycles. The molecular weight excluding hydrogens is 355 g/mol. The Bertz CT molecular complexity index is 729. The number of hydrogen-bond acceptors (Lipinski definition) is 2. The van der Waals surface area contributed by atoms with Crippen LogP contribution in [0.2, 0.25) is 5.02 Å². The van der Waals surface area contributed by atoms with Gasteiger partial charge in [-0.1, -0.05) is 24.9 Å². The zero-order valence-corrected chi connectivity index (χ0v) is 14.8. The highest BCUT2D eigenvalue weighted by atomic mass is 35.5. The van der Waals surface area contributed by atoms with Gasteiger partial charge >= 0.3 is 6.18 Å². The first-order valence-electron chi connectivity index (χ1n) is 8.02. The number of nitrogens with one attached hydrogen (secondary N) is 2. The monoisotopic (exact) mass is 375 g/mol. The average molecular weight is 376 g/mol. The third-order valence-electron chi connectivity index (χ3n) is 4.02. The normalized spacial score (nSPS) is 13.2. The Morgan fingerprint density at radius 3 is 2.68 bits per heavy atom. The summed E-state index contributed by atoms with van der Waals surface area (Å²) in [6, 6.07) is 6.54. The van der Waals surface area contributed by atoms with E-state index in [9.17, 15) is 18.0 Å². The molecule has 8 heteroatoms. The molecule has 0 aliphatic carbocycles. The van der Waals surface area contributed by atoms with Crippen molar-refractivity contribution >= 4 is 28.4 Å². The van der Waals surface area contributed by atoms with Crippen LogP contribution < -0.4 is 5.32 Å². The Morgan fingerprint density at radius 1 is 1.36 bits per heavy atom. The molecule has 2 rings (SSSR count). The molecule has 4 nitrogen and oxygen atoms in total. The number of carbonyl (C=O) groups excluding carboxylic acids is 1. The minimum Gasteiger partial charge on any atom is -0.351 e. The molecule has 0 spiro atoms. The Balaban J connectivity index is 2.28. The molecule has 1 atom stereocenters. The van der Waals surface area contributed by atoms with Crippen molar-refractivity contribution in [1.82, 2.24) is 15.2 Å². The first kappa shape index (κ1) is 19.6. The molecule has 1 amide bonds. The second-order valence-corrected chi connectivity index (χ2v) is 6.48. The minimum absolute atomic E-state index is 0.0335. The summed E-state index contributed by atoms with van der Waals surface area (Å²) in [7, 11) is 1.74. The standard InChI is InChI=1S/C17H21ClF3N3O/c1-3-11(8-22-2)9-24(10-17(19,20)21)16(25)15-7-12-6-13(18)4-5-14(12)23-15/h4-7,11,22-23H,3,8-10H2,1-2H3. The van der Waals surface area contributed by atoms with Crippen molar-refractivity contribution in [2.24, 2.45) is 5.92 Å². The maximum atomic E-state index is 12.9. The Hall–Kier alpha value is -1.73. The van der Waals surface area contributed by atoms with Gasteiger partial charge in [-0.25, -0.2) is 0 Å². The number of aromatic amines is 1. The highest BCUT2D eigenvalue weighted by Gasteiger charge is 2.34. The van der Waals surface area contributed by atoms with E-state index in [2.05, 4.69) is 10.3 Å². The highest BCUT2D eigenvalue weighted by molar-refractivity contribution is 6.31. The molecule has 0 saturated carbocycles. The van der Waals surface area contributed by atoms with Gasteiger partial charge in [0, 0.05) is 22.5 Å². The SMILES string of the molecule is CCC(CNC)CN(CC(F)(F)F)C(=O)c1cc2cc(Cl)ccc2[nH]1. The number of rotatable bonds is 7. The number of hydrogen-bond donors (Lipinski definition) is 2. The molecule has 0 radical (unpaired) electrons. The van der Waals surface area contributed by atoms with Crippen LogP contribution in [0.5, 0.6) is 0 Å². The molecule has 2 aromatic rings. The lowest BCUT2D eigenvalue weighted by molar-refractivity contribution is -0.141. The van der Waals surface area contributed by atoms with Crippen LogP contribution in [-0.4, -0.2) is 48.6 Å². The molecule has 0 fully saturated rings. The van der Waals surface area contributed by atoms with Crippen LogP contribution in [0.25, 0.3) is 10.9 Å². The molecule has 0 aliphatic rings. The molecule has 1 aromatic heterocycles. The predicted molar refractivity (Wildman–Crippen MR) is 93.0 cm³/mol. The number of alkyl halides is 3. The summed E-state index contributed by atoms with van der Waals surface area (Å²) in [5.74, 6) is -0.727. The Kier molecular flexibility index (Phi) is 6.35. The number of aromatic nitrogens is 1. The van der Waals surface area contributed by atoms with E-state index in [1.807, 2.05) is 6.92 Å². The largest absolute Gasteiger partial charge is 0.406 e. The number of halogens is 4. The van der Waals surface area contributed by atoms with Gasteiger partial charge in [0.15, 0.2) is 0 Å². The van der Waals surface area contributed by atoms with Crippen LogP contribution in [0, 0.1) is 5.92 Å². The number of fused-ring (bicyclic) bond motifs is 1. The van der Waals surface area contributed by atoms with Crippen LogP contribution in [-0.2, 0) is 0 Å². The van der Waals surface area contributed by atoms with E-state index in [4.69, 9.17) is 11.6 Å². The summed E-state index contributed by atoms with van der Waals surface area (Å²) in [5, 5.41) is 4.13. The van der Waals surface area contributed by atoms with Gasteiger partial charge < -0.3 is 15.2 Å². The molecular formula is C17H21ClF3N3O. The van der Waals surface area contributed by atoms with Gasteiger partial charge in [0.2, 0.25) is 0 Å². The van der Waals surface area contributed by atoms with Crippen LogP contribution in [0.1, 0.15) is 23.8 Å². The number of H-pyrrole nitrogens is 1. The Morgan fingerprint density at radius 2 is 2.08 bits per heavy atom. The molecule has 1 aromatic carbocycles. The lowest BCUT2D eigenvalue weighted by Crippen LogP contribution is -2.43. The van der Waals surface area contributed by atoms with Crippen LogP contribution in [0.3, 0.4) is 0 Å². The summed E-state index contributed by atoms with van der Waals surface area (Å²) >= 11 is 5.91. The van der Waals surface area contributed by atoms with Gasteiger partial charge in [-0.05, 0) is 43.8 Å². The maximum absolute atomic E-state index is 12.9. The molecule has 2 N–H and O–H groups in total. The third-order valence-corrected chi connectivity index (χ3v) is 4.25. The lowest BCUT2D eigenvalue weighted by atomic mass is 10.1. The Labute approximate surface area is 149 Å². The zero-order valence-electron chi connectivity index (χ0n) is 14.1. The van der Waals surface area contributed by atoms with Crippen molar-refractivity contribution in [2.45, 2.75) is 19.5 Å². The van der Waals surface area contributed by atoms with Gasteiger partial charge in [-0.3, -0.25) is 4.79 Å². The van der Waals surface area contributed by atoms with Gasteiger partial charge in [-0.2, -0.15) is 13.2 Å². The van der Waals surface area contributed by atoms with Crippen molar-refractivity contribution in [3.05, 3.63) is 35.0 Å². The maximum Gasteiger partial charge on any atom is 0.406 e. The zero-order chi connectivity index (χ0) is 18.6. The second kappa shape index (κ2) is 8.10. The van der Waals surface area contributed by atoms with E-state index in [1.54, 1.807) is 25.2 Å². The van der Waals surface area contributed by atoms with E-state index in [1.165, 1.54) is 6.07 Å². The average Bonchev–Trinajstić information content (AvgIpc) is 2.94. The van der Waals surface area contributed by atoms with E-state index in [-0.39, 0.29) is 18.2 Å². The number of benzene rings is 1. The first-order chi connectivity index (χ1) is 11.7. The second-order valence-electron chi connectivity index (χ2n) is 6.05. The van der Waals surface area contributed by atoms with Crippen molar-refractivity contribution in [1.29, 1.82) is 0 Å². The minimum atomic E-state index is -4.46. The van der Waals surface area contributed by atoms with Crippen LogP contribution in [0.15, 0.2) is 24.3 Å². The number of carbonyl (C=O) groups is 1. The van der Waals surface area contributed by atoms with E-state index < -0.39 is 18.6 Å². The molecule has 138 valence electrons. The molecule has 25 heavy (non-hydrogen) atoms. The van der Waals surface area contributed by atoms with Gasteiger partial charge in [0.25, 0.3) is 5.91 Å². The van der Waals surface area contributed by atoms with E-state index in [0.29, 0.717) is 28.9 Å². The highest BCUT2D eigenvalue weighted by Crippen LogP contribution is 2.23. The number of amides is 1. The first-order valence-corrected chi connectivity index (χ1v) is 8.40. The fourth-order valence-corrected chi connectivity index (χ4v) is 2.94. The van der Waals surface area contributed by atoms with E-state index in [0.717, 1.165) is 4.90 Å². The molecule has 1 heterocycles. The van der Waals surface area contributed by atoms with Gasteiger partial charge in [0.05, 0.1) is 0 Å². The lowest BCUT2D eigenvalue weighted by Gasteiger charge is -2.27. The fourth-order valence-electron chi connectivity index (χ4n) is 2.76. The predicted octanol–water partition coefficient (Wildman–Crippen LogP) is 4.07. The topological polar surface area (TPSA) is 48.1 Å². The molecule has 0 aliphatic heterocycles. The molecule has 0 bridgehead atoms. The van der Waals surface area contributed by atoms with Crippen LogP contribution in [0.4, 0.5) is 13.2 Å². The third kappa shape index (κ3) is 5.37. The van der Waals surface area contributed by atoms with Crippen molar-refractivity contribution in [2.75, 3.05) is 26.7 Å². The summed E-state index contributed by atoms with van der Waals surface area (Å²) in [5.41, 5.74) is 0.780. The van der Waals surface area contributed by atoms with Gasteiger partial charge in [0.1, 0.15) is 12.2 Å². The quantitative estimate of drug-likeness (QED) is 0.766. The smallest absolute Gasteiger partial charge is 0.351 e. The van der Waals surface area contributed by atoms with Gasteiger partial charge in [-0.15, -0.1) is 0 Å². The summed E-state index contributed by atoms with van der Waals surface area (Å²) < 4.78 is 38.8. The summed E-state index contributed by atoms with van der Waals surface area (Å²) in [6.07, 6.45) is -3.78. The van der Waals surface area contributed by atoms with E-state index >= 15 is 0 Å². The van der Waals surface area contributed by atoms with Crippen molar-refractivity contribution in [3.63, 3.8) is 0 Å². The summed E-state index contributed by atoms with van der Waals surface area (Å²) in [6.45, 7) is 1.19.